The third kappa shape index (κ3) is 9.45. The smallest absolute Gasteiger partial charge is 0.315 e. The second kappa shape index (κ2) is 16.9. The Hall–Kier alpha value is -7.11. The summed E-state index contributed by atoms with van der Waals surface area (Å²) >= 11 is 0. The van der Waals surface area contributed by atoms with Crippen molar-refractivity contribution in [3.63, 3.8) is 0 Å². The third-order valence-corrected chi connectivity index (χ3v) is 12.7. The van der Waals surface area contributed by atoms with Gasteiger partial charge in [-0.05, 0) is 59.5 Å². The summed E-state index contributed by atoms with van der Waals surface area (Å²) in [6.45, 7) is -0.259. The lowest BCUT2D eigenvalue weighted by Gasteiger charge is -2.15. The van der Waals surface area contributed by atoms with Crippen LogP contribution in [0.15, 0.2) is 133 Å². The molecule has 7 rings (SSSR count). The molecule has 8 N–H and O–H groups in total. The SMILES string of the molecule is O=C(Nc1ccc(S(=O)(=O)O)c2cc(S(=O)(=O)O)c(N=Nc3ccc4c(CNc5nc(F)nc(Nc6ccccc6S(=O)(=O)O)n5)cccc4c3S(=O)(=O)O)c(O)c12)c1ccccc1. The molecule has 0 saturated carbocycles. The van der Waals surface area contributed by atoms with Crippen LogP contribution in [0, 0.1) is 6.08 Å². The van der Waals surface area contributed by atoms with E-state index in [4.69, 9.17) is 0 Å². The molecule has 0 aliphatic heterocycles. The van der Waals surface area contributed by atoms with E-state index < -0.39 is 112 Å². The number of phenols is 1. The van der Waals surface area contributed by atoms with E-state index in [0.717, 1.165) is 24.3 Å². The Bertz CT molecular complexity index is 3570. The molecular formula is C37H27FN8O14S4. The molecule has 22 nitrogen and oxygen atoms in total. The highest BCUT2D eigenvalue weighted by Gasteiger charge is 2.29. The maximum Gasteiger partial charge on any atom is 0.315 e. The number of azo groups is 1. The molecule has 0 bridgehead atoms. The highest BCUT2D eigenvalue weighted by atomic mass is 32.2. The largest absolute Gasteiger partial charge is 0.505 e. The van der Waals surface area contributed by atoms with Crippen LogP contribution in [-0.4, -0.2) is 77.8 Å². The van der Waals surface area contributed by atoms with Gasteiger partial charge in [0.2, 0.25) is 11.9 Å². The van der Waals surface area contributed by atoms with Gasteiger partial charge in [0.15, 0.2) is 5.75 Å². The Morgan fingerprint density at radius 3 is 1.94 bits per heavy atom. The minimum absolute atomic E-state index is 0.0977. The molecule has 330 valence electrons. The number of benzene rings is 6. The van der Waals surface area contributed by atoms with Gasteiger partial charge in [-0.3, -0.25) is 23.0 Å². The molecular weight excluding hydrogens is 928 g/mol. The van der Waals surface area contributed by atoms with Crippen LogP contribution in [-0.2, 0) is 47.0 Å². The van der Waals surface area contributed by atoms with E-state index in [2.05, 4.69) is 41.1 Å². The summed E-state index contributed by atoms with van der Waals surface area (Å²) in [5.41, 5.74) is -1.93. The van der Waals surface area contributed by atoms with Crippen molar-refractivity contribution in [2.75, 3.05) is 16.0 Å². The van der Waals surface area contributed by atoms with Gasteiger partial charge in [0.25, 0.3) is 46.4 Å². The highest BCUT2D eigenvalue weighted by Crippen LogP contribution is 2.47. The lowest BCUT2D eigenvalue weighted by molar-refractivity contribution is 0.102. The number of rotatable bonds is 13. The number of para-hydroxylation sites is 1. The number of nitrogens with zero attached hydrogens (tertiary/aromatic N) is 5. The van der Waals surface area contributed by atoms with E-state index in [1.54, 1.807) is 6.07 Å². The summed E-state index contributed by atoms with van der Waals surface area (Å²) in [6, 6.07) is 21.2. The number of phenolic OH excluding ortho intramolecular Hbond substituents is 1. The Labute approximate surface area is 360 Å². The van der Waals surface area contributed by atoms with Crippen molar-refractivity contribution in [1.82, 2.24) is 15.0 Å². The molecule has 0 fully saturated rings. The number of halogens is 1. The zero-order valence-corrected chi connectivity index (χ0v) is 34.9. The third-order valence-electron chi connectivity index (χ3n) is 9.07. The first-order valence-electron chi connectivity index (χ1n) is 17.6. The fraction of sp³-hybridized carbons (Fsp3) is 0.0270. The van der Waals surface area contributed by atoms with Crippen LogP contribution in [0.1, 0.15) is 15.9 Å². The predicted octanol–water partition coefficient (Wildman–Crippen LogP) is 6.03. The molecule has 27 heteroatoms. The van der Waals surface area contributed by atoms with E-state index in [-0.39, 0.29) is 39.8 Å². The number of nitrogens with one attached hydrogen (secondary N) is 3. The summed E-state index contributed by atoms with van der Waals surface area (Å²) in [5.74, 6) is -2.88. The van der Waals surface area contributed by atoms with E-state index in [9.17, 15) is 66.2 Å². The van der Waals surface area contributed by atoms with Crippen LogP contribution in [0.5, 0.6) is 5.75 Å². The fourth-order valence-electron chi connectivity index (χ4n) is 6.41. The van der Waals surface area contributed by atoms with E-state index in [1.165, 1.54) is 66.7 Å². The Balaban J connectivity index is 1.30. The van der Waals surface area contributed by atoms with Gasteiger partial charge in [-0.1, -0.05) is 54.6 Å². The molecule has 1 amide bonds. The maximum atomic E-state index is 14.5. The number of aromatic hydroxyl groups is 1. The molecule has 1 aromatic heterocycles. The quantitative estimate of drug-likeness (QED) is 0.0483. The van der Waals surface area contributed by atoms with Gasteiger partial charge in [0.05, 0.1) is 16.8 Å². The van der Waals surface area contributed by atoms with Crippen molar-refractivity contribution in [2.45, 2.75) is 26.1 Å². The van der Waals surface area contributed by atoms with Gasteiger partial charge in [0.1, 0.15) is 31.0 Å². The van der Waals surface area contributed by atoms with Gasteiger partial charge in [0, 0.05) is 22.9 Å². The second-order valence-corrected chi connectivity index (χ2v) is 18.7. The minimum atomic E-state index is -5.46. The number of hydrogen-bond donors (Lipinski definition) is 8. The average Bonchev–Trinajstić information content (AvgIpc) is 3.20. The van der Waals surface area contributed by atoms with Crippen molar-refractivity contribution < 1.29 is 66.2 Å². The average molecular weight is 955 g/mol. The number of carbonyl (C=O) groups is 1. The normalized spacial score (nSPS) is 12.5. The van der Waals surface area contributed by atoms with Gasteiger partial charge in [-0.15, -0.1) is 10.2 Å². The number of amides is 1. The van der Waals surface area contributed by atoms with Crippen molar-refractivity contribution >= 4 is 103 Å². The van der Waals surface area contributed by atoms with Crippen LogP contribution >= 0.6 is 0 Å². The van der Waals surface area contributed by atoms with Crippen molar-refractivity contribution in [1.29, 1.82) is 0 Å². The summed E-state index contributed by atoms with van der Waals surface area (Å²) in [4.78, 5) is 20.4. The maximum absolute atomic E-state index is 14.5. The minimum Gasteiger partial charge on any atom is -0.505 e. The molecule has 0 saturated heterocycles. The Kier molecular flexibility index (Phi) is 11.8. The van der Waals surface area contributed by atoms with E-state index in [1.807, 2.05) is 0 Å². The standard InChI is InChI=1S/C37H27FN8O14S4/c38-35-42-36(44-37(43-35)41-24-11-4-5-12-28(24)62(52,53)54)39-18-20-9-6-10-22-21(20)13-14-26(33(22)64(58,59)60)45-46-31-29(63(55,56)57)17-23-27(61(49,50)51)16-15-25(30(23)32(31)47)40-34(48)19-7-2-1-3-8-19/h1-17,47H,18H2,(H,40,48)(H,49,50,51)(H,52,53,54)(H,55,56,57)(H,58,59,60)(H2,39,41,42,43,44). The van der Waals surface area contributed by atoms with Gasteiger partial charge >= 0.3 is 6.08 Å². The van der Waals surface area contributed by atoms with Crippen LogP contribution in [0.2, 0.25) is 0 Å². The summed E-state index contributed by atoms with van der Waals surface area (Å²) in [5, 5.41) is 25.3. The molecule has 1 heterocycles. The number of anilines is 4. The molecule has 7 aromatic rings. The first-order chi connectivity index (χ1) is 30.0. The van der Waals surface area contributed by atoms with Crippen molar-refractivity contribution in [2.24, 2.45) is 10.2 Å². The predicted molar refractivity (Wildman–Crippen MR) is 224 cm³/mol. The van der Waals surface area contributed by atoms with Crippen molar-refractivity contribution in [3.8, 4) is 5.75 Å². The van der Waals surface area contributed by atoms with Crippen molar-refractivity contribution in [3.05, 3.63) is 120 Å². The molecule has 0 aliphatic carbocycles. The Morgan fingerprint density at radius 2 is 1.27 bits per heavy atom. The zero-order valence-electron chi connectivity index (χ0n) is 31.7. The molecule has 0 atom stereocenters. The summed E-state index contributed by atoms with van der Waals surface area (Å²) in [6.07, 6.45) is -1.31. The fourth-order valence-corrected chi connectivity index (χ4v) is 9.21. The topological polar surface area (TPSA) is 354 Å². The van der Waals surface area contributed by atoms with Crippen LogP contribution in [0.25, 0.3) is 21.5 Å². The molecule has 0 radical (unpaired) electrons. The van der Waals surface area contributed by atoms with Gasteiger partial charge in [-0.25, -0.2) is 0 Å². The monoisotopic (exact) mass is 954 g/mol. The van der Waals surface area contributed by atoms with Crippen LogP contribution < -0.4 is 16.0 Å². The molecule has 64 heavy (non-hydrogen) atoms. The van der Waals surface area contributed by atoms with Crippen LogP contribution in [0.3, 0.4) is 0 Å². The number of aromatic nitrogens is 3. The van der Waals surface area contributed by atoms with Gasteiger partial charge < -0.3 is 21.1 Å². The Morgan fingerprint density at radius 1 is 0.609 bits per heavy atom. The molecule has 0 unspecified atom stereocenters. The second-order valence-electron chi connectivity index (χ2n) is 13.2. The lowest BCUT2D eigenvalue weighted by Crippen LogP contribution is -2.13. The summed E-state index contributed by atoms with van der Waals surface area (Å²) < 4.78 is 154. The first kappa shape index (κ1) is 44.9. The number of fused-ring (bicyclic) bond motifs is 2. The highest BCUT2D eigenvalue weighted by molar-refractivity contribution is 7.87. The van der Waals surface area contributed by atoms with E-state index in [0.29, 0.717) is 6.07 Å². The number of carbonyl (C=O) groups excluding carboxylic acids is 1. The number of hydrogen-bond acceptors (Lipinski definition) is 17. The molecule has 0 aliphatic rings. The van der Waals surface area contributed by atoms with Gasteiger partial charge in [-0.2, -0.15) is 53.0 Å². The first-order valence-corrected chi connectivity index (χ1v) is 23.3. The lowest BCUT2D eigenvalue weighted by atomic mass is 10.0. The summed E-state index contributed by atoms with van der Waals surface area (Å²) in [7, 11) is -20.6. The van der Waals surface area contributed by atoms with E-state index >= 15 is 0 Å². The zero-order chi connectivity index (χ0) is 46.4. The van der Waals surface area contributed by atoms with Crippen LogP contribution in [0.4, 0.5) is 39.0 Å². The molecule has 6 aromatic carbocycles. The molecule has 0 spiro atoms.